The Morgan fingerprint density at radius 1 is 1.15 bits per heavy atom. The average Bonchev–Trinajstić information content (AvgIpc) is 3.01. The monoisotopic (exact) mass is 354 g/mol. The number of rotatable bonds is 3. The number of carbonyl (C=O) groups is 2. The van der Waals surface area contributed by atoms with Crippen LogP contribution in [0.4, 0.5) is 10.5 Å². The lowest BCUT2D eigenvalue weighted by molar-refractivity contribution is -0.119. The van der Waals surface area contributed by atoms with E-state index in [-0.39, 0.29) is 18.9 Å². The van der Waals surface area contributed by atoms with E-state index < -0.39 is 18.2 Å². The Bertz CT molecular complexity index is 807. The van der Waals surface area contributed by atoms with E-state index in [2.05, 4.69) is 5.32 Å². The molecule has 2 amide bonds. The first-order chi connectivity index (χ1) is 12.4. The van der Waals surface area contributed by atoms with Crippen molar-refractivity contribution in [1.29, 1.82) is 0 Å². The minimum Gasteiger partial charge on any atom is -0.410 e. The number of aliphatic hydroxyl groups is 1. The van der Waals surface area contributed by atoms with E-state index in [0.717, 1.165) is 11.1 Å². The maximum absolute atomic E-state index is 12.7. The summed E-state index contributed by atoms with van der Waals surface area (Å²) in [6.45, 7) is 3.91. The third-order valence-electron chi connectivity index (χ3n) is 4.42. The molecule has 136 valence electrons. The minimum atomic E-state index is -0.777. The zero-order valence-electron chi connectivity index (χ0n) is 14.8. The number of nitrogens with zero attached hydrogens (tertiary/aromatic N) is 1. The maximum Gasteiger partial charge on any atom is 0.416 e. The minimum absolute atomic E-state index is 0.0660. The van der Waals surface area contributed by atoms with Gasteiger partial charge in [-0.3, -0.25) is 9.69 Å². The molecule has 0 bridgehead atoms. The highest BCUT2D eigenvalue weighted by Gasteiger charge is 2.40. The number of benzene rings is 2. The third kappa shape index (κ3) is 4.03. The van der Waals surface area contributed by atoms with Gasteiger partial charge in [-0.1, -0.05) is 30.3 Å². The van der Waals surface area contributed by atoms with Gasteiger partial charge in [0.1, 0.15) is 11.8 Å². The van der Waals surface area contributed by atoms with Crippen molar-refractivity contribution in [3.8, 4) is 5.75 Å². The SMILES string of the molecule is Cc1ccc(C)c(NC(=O)[C@H]2C[C@H](O)CN2C(=O)Oc2ccccc2)c1. The largest absolute Gasteiger partial charge is 0.416 e. The number of ether oxygens (including phenoxy) is 1. The molecule has 0 spiro atoms. The average molecular weight is 354 g/mol. The second kappa shape index (κ2) is 7.58. The number of aliphatic hydroxyl groups excluding tert-OH is 1. The maximum atomic E-state index is 12.7. The molecule has 0 aromatic heterocycles. The summed E-state index contributed by atoms with van der Waals surface area (Å²) < 4.78 is 5.32. The number of anilines is 1. The first-order valence-electron chi connectivity index (χ1n) is 8.53. The third-order valence-corrected chi connectivity index (χ3v) is 4.42. The highest BCUT2D eigenvalue weighted by Crippen LogP contribution is 2.23. The van der Waals surface area contributed by atoms with Crippen LogP contribution >= 0.6 is 0 Å². The molecule has 0 unspecified atom stereocenters. The van der Waals surface area contributed by atoms with Crippen molar-refractivity contribution in [2.24, 2.45) is 0 Å². The summed E-state index contributed by atoms with van der Waals surface area (Å²) in [5, 5.41) is 12.8. The Labute approximate surface area is 152 Å². The molecular formula is C20H22N2O4. The first-order valence-corrected chi connectivity index (χ1v) is 8.53. The van der Waals surface area contributed by atoms with Crippen molar-refractivity contribution in [2.75, 3.05) is 11.9 Å². The molecule has 0 aliphatic carbocycles. The molecule has 2 aromatic carbocycles. The Kier molecular flexibility index (Phi) is 5.23. The van der Waals surface area contributed by atoms with Crippen LogP contribution in [0.2, 0.25) is 0 Å². The number of hydrogen-bond donors (Lipinski definition) is 2. The van der Waals surface area contributed by atoms with Gasteiger partial charge < -0.3 is 15.2 Å². The quantitative estimate of drug-likeness (QED) is 0.888. The lowest BCUT2D eigenvalue weighted by Gasteiger charge is -2.23. The number of para-hydroxylation sites is 1. The fourth-order valence-corrected chi connectivity index (χ4v) is 3.00. The highest BCUT2D eigenvalue weighted by molar-refractivity contribution is 5.97. The summed E-state index contributed by atoms with van der Waals surface area (Å²) in [5.41, 5.74) is 2.66. The van der Waals surface area contributed by atoms with E-state index >= 15 is 0 Å². The Balaban J connectivity index is 1.73. The van der Waals surface area contributed by atoms with Crippen LogP contribution in [0.1, 0.15) is 17.5 Å². The van der Waals surface area contributed by atoms with Crippen molar-refractivity contribution in [3.05, 3.63) is 59.7 Å². The van der Waals surface area contributed by atoms with E-state index in [1.54, 1.807) is 24.3 Å². The van der Waals surface area contributed by atoms with Gasteiger partial charge in [-0.25, -0.2) is 4.79 Å². The Morgan fingerprint density at radius 2 is 1.88 bits per heavy atom. The lowest BCUT2D eigenvalue weighted by atomic mass is 10.1. The van der Waals surface area contributed by atoms with E-state index in [1.807, 2.05) is 38.1 Å². The van der Waals surface area contributed by atoms with Crippen LogP contribution in [0.25, 0.3) is 0 Å². The van der Waals surface area contributed by atoms with Gasteiger partial charge in [0.05, 0.1) is 12.6 Å². The molecule has 3 rings (SSSR count). The fourth-order valence-electron chi connectivity index (χ4n) is 3.00. The summed E-state index contributed by atoms with van der Waals surface area (Å²) in [6, 6.07) is 13.6. The molecular weight excluding hydrogens is 332 g/mol. The molecule has 2 atom stereocenters. The second-order valence-corrected chi connectivity index (χ2v) is 6.55. The second-order valence-electron chi connectivity index (χ2n) is 6.55. The van der Waals surface area contributed by atoms with Gasteiger partial charge in [-0.2, -0.15) is 0 Å². The molecule has 2 N–H and O–H groups in total. The Hall–Kier alpha value is -2.86. The highest BCUT2D eigenvalue weighted by atomic mass is 16.6. The van der Waals surface area contributed by atoms with Gasteiger partial charge in [-0.15, -0.1) is 0 Å². The fraction of sp³-hybridized carbons (Fsp3) is 0.300. The van der Waals surface area contributed by atoms with Crippen LogP contribution < -0.4 is 10.1 Å². The number of likely N-dealkylation sites (tertiary alicyclic amines) is 1. The van der Waals surface area contributed by atoms with Gasteiger partial charge >= 0.3 is 6.09 Å². The summed E-state index contributed by atoms with van der Waals surface area (Å²) in [6.07, 6.45) is -1.22. The van der Waals surface area contributed by atoms with Crippen molar-refractivity contribution in [1.82, 2.24) is 4.90 Å². The van der Waals surface area contributed by atoms with Crippen LogP contribution in [0.5, 0.6) is 5.75 Å². The van der Waals surface area contributed by atoms with Crippen LogP contribution in [0.3, 0.4) is 0 Å². The number of aryl methyl sites for hydroxylation is 2. The van der Waals surface area contributed by atoms with Crippen molar-refractivity contribution >= 4 is 17.7 Å². The standard InChI is InChI=1S/C20H22N2O4/c1-13-8-9-14(2)17(10-13)21-19(24)18-11-15(23)12-22(18)20(25)26-16-6-4-3-5-7-16/h3-10,15,18,23H,11-12H2,1-2H3,(H,21,24)/t15-,18+/m0/s1. The van der Waals surface area contributed by atoms with Crippen LogP contribution in [0, 0.1) is 13.8 Å². The smallest absolute Gasteiger partial charge is 0.410 e. The zero-order valence-corrected chi connectivity index (χ0v) is 14.8. The first kappa shape index (κ1) is 17.9. The number of hydrogen-bond acceptors (Lipinski definition) is 4. The normalized spacial score (nSPS) is 19.3. The summed E-state index contributed by atoms with van der Waals surface area (Å²) in [4.78, 5) is 26.5. The van der Waals surface area contributed by atoms with E-state index in [0.29, 0.717) is 11.4 Å². The van der Waals surface area contributed by atoms with Gasteiger partial charge in [0, 0.05) is 12.1 Å². The predicted molar refractivity (Wildman–Crippen MR) is 98.1 cm³/mol. The Morgan fingerprint density at radius 3 is 2.62 bits per heavy atom. The molecule has 1 saturated heterocycles. The molecule has 0 saturated carbocycles. The molecule has 0 radical (unpaired) electrons. The number of β-amino-alcohol motifs (C(OH)–C–C–N with tert-alkyl or cyclic N) is 1. The molecule has 6 nitrogen and oxygen atoms in total. The molecule has 6 heteroatoms. The number of carbonyl (C=O) groups excluding carboxylic acids is 2. The predicted octanol–water partition coefficient (Wildman–Crippen LogP) is 2.88. The van der Waals surface area contributed by atoms with Gasteiger partial charge in [-0.05, 0) is 43.2 Å². The van der Waals surface area contributed by atoms with Gasteiger partial charge in [0.2, 0.25) is 5.91 Å². The number of nitrogens with one attached hydrogen (secondary N) is 1. The van der Waals surface area contributed by atoms with E-state index in [9.17, 15) is 14.7 Å². The molecule has 26 heavy (non-hydrogen) atoms. The molecule has 1 aliphatic rings. The van der Waals surface area contributed by atoms with E-state index in [1.165, 1.54) is 4.90 Å². The van der Waals surface area contributed by atoms with E-state index in [4.69, 9.17) is 4.74 Å². The molecule has 1 fully saturated rings. The topological polar surface area (TPSA) is 78.9 Å². The van der Waals surface area contributed by atoms with Gasteiger partial charge in [0.15, 0.2) is 0 Å². The molecule has 1 heterocycles. The lowest BCUT2D eigenvalue weighted by Crippen LogP contribution is -2.44. The molecule has 1 aliphatic heterocycles. The van der Waals surface area contributed by atoms with Crippen LogP contribution in [-0.2, 0) is 4.79 Å². The van der Waals surface area contributed by atoms with Crippen molar-refractivity contribution in [3.63, 3.8) is 0 Å². The molecule has 2 aromatic rings. The van der Waals surface area contributed by atoms with Crippen molar-refractivity contribution in [2.45, 2.75) is 32.4 Å². The summed E-state index contributed by atoms with van der Waals surface area (Å²) >= 11 is 0. The zero-order chi connectivity index (χ0) is 18.7. The number of amides is 2. The van der Waals surface area contributed by atoms with Crippen molar-refractivity contribution < 1.29 is 19.4 Å². The summed E-state index contributed by atoms with van der Waals surface area (Å²) in [5.74, 6) is 0.0628. The van der Waals surface area contributed by atoms with Crippen LogP contribution in [-0.4, -0.2) is 40.7 Å². The van der Waals surface area contributed by atoms with Crippen LogP contribution in [0.15, 0.2) is 48.5 Å². The summed E-state index contributed by atoms with van der Waals surface area (Å²) in [7, 11) is 0. The van der Waals surface area contributed by atoms with Gasteiger partial charge in [0.25, 0.3) is 0 Å².